The molecule has 0 spiro atoms. The third-order valence-electron chi connectivity index (χ3n) is 4.36. The quantitative estimate of drug-likeness (QED) is 0.573. The number of anilines is 1. The fourth-order valence-corrected chi connectivity index (χ4v) is 3.95. The predicted octanol–water partition coefficient (Wildman–Crippen LogP) is 4.42. The zero-order valence-corrected chi connectivity index (χ0v) is 15.9. The van der Waals surface area contributed by atoms with Gasteiger partial charge in [-0.3, -0.25) is 4.72 Å². The minimum atomic E-state index is -3.63. The maximum absolute atomic E-state index is 12.6. The minimum absolute atomic E-state index is 0.238. The van der Waals surface area contributed by atoms with Gasteiger partial charge in [-0.05, 0) is 55.8 Å². The van der Waals surface area contributed by atoms with E-state index in [0.29, 0.717) is 5.69 Å². The molecule has 4 rings (SSSR count). The van der Waals surface area contributed by atoms with Crippen LogP contribution in [0.5, 0.6) is 0 Å². The van der Waals surface area contributed by atoms with Crippen LogP contribution >= 0.6 is 0 Å². The summed E-state index contributed by atoms with van der Waals surface area (Å²) in [6.45, 7) is 3.94. The van der Waals surface area contributed by atoms with Gasteiger partial charge in [0.1, 0.15) is 5.65 Å². The maximum Gasteiger partial charge on any atom is 0.261 e. The second kappa shape index (κ2) is 6.55. The summed E-state index contributed by atoms with van der Waals surface area (Å²) in [6.07, 6.45) is 3.90. The fraction of sp³-hybridized carbons (Fsp3) is 0.0952. The van der Waals surface area contributed by atoms with Crippen LogP contribution in [0, 0.1) is 13.8 Å². The van der Waals surface area contributed by atoms with Crippen molar-refractivity contribution in [3.63, 3.8) is 0 Å². The van der Waals surface area contributed by atoms with Gasteiger partial charge < -0.3 is 4.40 Å². The Morgan fingerprint density at radius 1 is 0.926 bits per heavy atom. The summed E-state index contributed by atoms with van der Waals surface area (Å²) in [5.74, 6) is 0. The first-order valence-electron chi connectivity index (χ1n) is 8.56. The number of sulfonamides is 1. The molecule has 0 saturated carbocycles. The largest absolute Gasteiger partial charge is 0.306 e. The average molecular weight is 377 g/mol. The number of aromatic nitrogens is 2. The van der Waals surface area contributed by atoms with Gasteiger partial charge in [-0.25, -0.2) is 13.4 Å². The molecular weight excluding hydrogens is 358 g/mol. The molecule has 6 heteroatoms. The Morgan fingerprint density at radius 3 is 2.48 bits per heavy atom. The number of hydrogen-bond acceptors (Lipinski definition) is 3. The number of nitrogens with zero attached hydrogens (tertiary/aromatic N) is 2. The van der Waals surface area contributed by atoms with Gasteiger partial charge in [0.15, 0.2) is 0 Å². The van der Waals surface area contributed by atoms with Crippen molar-refractivity contribution in [3.8, 4) is 11.3 Å². The van der Waals surface area contributed by atoms with Crippen LogP contribution in [0.3, 0.4) is 0 Å². The number of pyridine rings is 1. The summed E-state index contributed by atoms with van der Waals surface area (Å²) < 4.78 is 29.8. The topological polar surface area (TPSA) is 63.5 Å². The van der Waals surface area contributed by atoms with Crippen LogP contribution in [-0.2, 0) is 10.0 Å². The number of benzene rings is 2. The predicted molar refractivity (Wildman–Crippen MR) is 107 cm³/mol. The van der Waals surface area contributed by atoms with E-state index in [1.165, 1.54) is 0 Å². The lowest BCUT2D eigenvalue weighted by Gasteiger charge is -2.09. The van der Waals surface area contributed by atoms with Crippen molar-refractivity contribution >= 4 is 21.4 Å². The zero-order chi connectivity index (χ0) is 19.0. The fourth-order valence-electron chi connectivity index (χ4n) is 2.90. The van der Waals surface area contributed by atoms with Crippen molar-refractivity contribution in [2.24, 2.45) is 0 Å². The monoisotopic (exact) mass is 377 g/mol. The molecule has 0 bridgehead atoms. The minimum Gasteiger partial charge on any atom is -0.306 e. The van der Waals surface area contributed by atoms with E-state index in [9.17, 15) is 8.42 Å². The first-order chi connectivity index (χ1) is 12.9. The second-order valence-corrected chi connectivity index (χ2v) is 8.28. The molecule has 1 N–H and O–H groups in total. The van der Waals surface area contributed by atoms with Gasteiger partial charge in [0.2, 0.25) is 0 Å². The molecule has 0 saturated heterocycles. The first-order valence-corrected chi connectivity index (χ1v) is 10.0. The second-order valence-electron chi connectivity index (χ2n) is 6.60. The van der Waals surface area contributed by atoms with Crippen LogP contribution in [-0.4, -0.2) is 17.8 Å². The summed E-state index contributed by atoms with van der Waals surface area (Å²) in [7, 11) is -3.63. The third-order valence-corrected chi connectivity index (χ3v) is 5.75. The Bertz CT molecular complexity index is 1230. The molecular formula is C21H19N3O2S. The Hall–Kier alpha value is -3.12. The molecule has 0 aliphatic rings. The number of aryl methyl sites for hydroxylation is 2. The van der Waals surface area contributed by atoms with Gasteiger partial charge in [-0.2, -0.15) is 0 Å². The SMILES string of the molecule is Cc1ccc(S(=O)(=O)Nc2cccc(-c3cn4ccc(C)cc4n3)c2)cc1. The molecule has 5 nitrogen and oxygen atoms in total. The van der Waals surface area contributed by atoms with E-state index in [2.05, 4.69) is 9.71 Å². The Balaban J connectivity index is 1.66. The molecule has 0 aliphatic carbocycles. The summed E-state index contributed by atoms with van der Waals surface area (Å²) >= 11 is 0. The Kier molecular flexibility index (Phi) is 4.20. The third kappa shape index (κ3) is 3.57. The van der Waals surface area contributed by atoms with Gasteiger partial charge in [0, 0.05) is 23.6 Å². The molecule has 0 atom stereocenters. The van der Waals surface area contributed by atoms with Crippen LogP contribution in [0.1, 0.15) is 11.1 Å². The number of rotatable bonds is 4. The van der Waals surface area contributed by atoms with Crippen LogP contribution in [0.15, 0.2) is 78.0 Å². The normalized spacial score (nSPS) is 11.6. The van der Waals surface area contributed by atoms with E-state index in [1.807, 2.05) is 54.9 Å². The van der Waals surface area contributed by atoms with Crippen molar-refractivity contribution in [2.75, 3.05) is 4.72 Å². The van der Waals surface area contributed by atoms with E-state index < -0.39 is 10.0 Å². The van der Waals surface area contributed by atoms with Gasteiger partial charge in [-0.15, -0.1) is 0 Å². The summed E-state index contributed by atoms with van der Waals surface area (Å²) in [4.78, 5) is 4.87. The molecule has 2 heterocycles. The summed E-state index contributed by atoms with van der Waals surface area (Å²) in [5, 5.41) is 0. The first kappa shape index (κ1) is 17.3. The number of fused-ring (bicyclic) bond motifs is 1. The molecule has 4 aromatic rings. The summed E-state index contributed by atoms with van der Waals surface area (Å²) in [5.41, 5.74) is 5.15. The van der Waals surface area contributed by atoms with Crippen molar-refractivity contribution in [1.29, 1.82) is 0 Å². The van der Waals surface area contributed by atoms with Gasteiger partial charge in [0.05, 0.1) is 10.6 Å². The van der Waals surface area contributed by atoms with Gasteiger partial charge in [-0.1, -0.05) is 29.8 Å². The molecule has 2 aromatic carbocycles. The maximum atomic E-state index is 12.6. The smallest absolute Gasteiger partial charge is 0.261 e. The lowest BCUT2D eigenvalue weighted by Crippen LogP contribution is -2.12. The Morgan fingerprint density at radius 2 is 1.70 bits per heavy atom. The average Bonchev–Trinajstić information content (AvgIpc) is 3.05. The van der Waals surface area contributed by atoms with Crippen molar-refractivity contribution in [3.05, 3.63) is 84.2 Å². The Labute approximate surface area is 158 Å². The van der Waals surface area contributed by atoms with Crippen molar-refractivity contribution < 1.29 is 8.42 Å². The van der Waals surface area contributed by atoms with Crippen LogP contribution in [0.25, 0.3) is 16.9 Å². The van der Waals surface area contributed by atoms with Crippen LogP contribution < -0.4 is 4.72 Å². The molecule has 0 radical (unpaired) electrons. The van der Waals surface area contributed by atoms with Crippen molar-refractivity contribution in [2.45, 2.75) is 18.7 Å². The standard InChI is InChI=1S/C21H19N3O2S/c1-15-6-8-19(9-7-15)27(25,26)23-18-5-3-4-17(13-18)20-14-24-11-10-16(2)12-21(24)22-20/h3-14,23H,1-2H3. The number of hydrogen-bond donors (Lipinski definition) is 1. The highest BCUT2D eigenvalue weighted by molar-refractivity contribution is 7.92. The van der Waals surface area contributed by atoms with E-state index in [1.54, 1.807) is 36.4 Å². The number of imidazole rings is 1. The highest BCUT2D eigenvalue weighted by Crippen LogP contribution is 2.24. The molecule has 0 amide bonds. The van der Waals surface area contributed by atoms with Gasteiger partial charge in [0.25, 0.3) is 10.0 Å². The highest BCUT2D eigenvalue weighted by Gasteiger charge is 2.14. The molecule has 136 valence electrons. The van der Waals surface area contributed by atoms with E-state index in [-0.39, 0.29) is 4.90 Å². The van der Waals surface area contributed by atoms with E-state index >= 15 is 0 Å². The molecule has 0 unspecified atom stereocenters. The van der Waals surface area contributed by atoms with Crippen LogP contribution in [0.2, 0.25) is 0 Å². The van der Waals surface area contributed by atoms with Crippen LogP contribution in [0.4, 0.5) is 5.69 Å². The molecule has 0 aliphatic heterocycles. The lowest BCUT2D eigenvalue weighted by atomic mass is 10.1. The van der Waals surface area contributed by atoms with Crippen molar-refractivity contribution in [1.82, 2.24) is 9.38 Å². The zero-order valence-electron chi connectivity index (χ0n) is 15.0. The summed E-state index contributed by atoms with van der Waals surface area (Å²) in [6, 6.07) is 18.1. The van der Waals surface area contributed by atoms with E-state index in [4.69, 9.17) is 0 Å². The molecule has 27 heavy (non-hydrogen) atoms. The molecule has 0 fully saturated rings. The lowest BCUT2D eigenvalue weighted by molar-refractivity contribution is 0.601. The highest BCUT2D eigenvalue weighted by atomic mass is 32.2. The number of nitrogens with one attached hydrogen (secondary N) is 1. The van der Waals surface area contributed by atoms with E-state index in [0.717, 1.165) is 28.0 Å². The molecule has 2 aromatic heterocycles. The van der Waals surface area contributed by atoms with Gasteiger partial charge >= 0.3 is 0 Å².